The van der Waals surface area contributed by atoms with Crippen LogP contribution in [-0.4, -0.2) is 24.5 Å². The number of nitrogens with zero attached hydrogens (tertiary/aromatic N) is 2. The zero-order chi connectivity index (χ0) is 13.5. The molecule has 0 aliphatic heterocycles. The molecule has 0 saturated heterocycles. The van der Waals surface area contributed by atoms with Crippen molar-refractivity contribution in [3.05, 3.63) is 23.7 Å². The molecule has 0 aromatic carbocycles. The van der Waals surface area contributed by atoms with Crippen LogP contribution >= 0.6 is 0 Å². The number of hydrogen-bond donors (Lipinski definition) is 1. The fourth-order valence-corrected chi connectivity index (χ4v) is 2.11. The molecule has 1 aromatic heterocycles. The molecular weight excluding hydrogens is 226 g/mol. The Morgan fingerprint density at radius 2 is 2.17 bits per heavy atom. The fraction of sp³-hybridized carbons (Fsp3) is 0.643. The van der Waals surface area contributed by atoms with Crippen LogP contribution in [0.3, 0.4) is 0 Å². The average Bonchev–Trinajstić information content (AvgIpc) is 2.72. The maximum absolute atomic E-state index is 8.75. The SMILES string of the molecule is Cc1ccc(C(CN)N(CCC#N)CC(C)C)o1. The van der Waals surface area contributed by atoms with Crippen LogP contribution in [0.25, 0.3) is 0 Å². The molecule has 1 unspecified atom stereocenters. The summed E-state index contributed by atoms with van der Waals surface area (Å²) in [6.07, 6.45) is 0.517. The second kappa shape index (κ2) is 7.20. The van der Waals surface area contributed by atoms with E-state index in [-0.39, 0.29) is 6.04 Å². The van der Waals surface area contributed by atoms with Gasteiger partial charge in [0, 0.05) is 26.1 Å². The highest BCUT2D eigenvalue weighted by Gasteiger charge is 2.22. The van der Waals surface area contributed by atoms with Crippen molar-refractivity contribution in [2.24, 2.45) is 11.7 Å². The van der Waals surface area contributed by atoms with Crippen molar-refractivity contribution in [2.75, 3.05) is 19.6 Å². The number of furan rings is 1. The van der Waals surface area contributed by atoms with Gasteiger partial charge < -0.3 is 10.2 Å². The Hall–Kier alpha value is -1.31. The Labute approximate surface area is 109 Å². The third-order valence-corrected chi connectivity index (χ3v) is 2.86. The first-order valence-corrected chi connectivity index (χ1v) is 6.45. The van der Waals surface area contributed by atoms with Crippen molar-refractivity contribution < 1.29 is 4.42 Å². The largest absolute Gasteiger partial charge is 0.465 e. The van der Waals surface area contributed by atoms with Crippen molar-refractivity contribution in [3.63, 3.8) is 0 Å². The summed E-state index contributed by atoms with van der Waals surface area (Å²) in [6, 6.07) is 6.19. The molecule has 0 saturated carbocycles. The minimum atomic E-state index is 0.0643. The molecule has 1 atom stereocenters. The zero-order valence-electron chi connectivity index (χ0n) is 11.5. The highest BCUT2D eigenvalue weighted by molar-refractivity contribution is 5.10. The zero-order valence-corrected chi connectivity index (χ0v) is 11.5. The van der Waals surface area contributed by atoms with Gasteiger partial charge in [-0.1, -0.05) is 13.8 Å². The third kappa shape index (κ3) is 4.17. The van der Waals surface area contributed by atoms with Gasteiger partial charge in [0.05, 0.1) is 12.1 Å². The van der Waals surface area contributed by atoms with Gasteiger partial charge in [0.25, 0.3) is 0 Å². The van der Waals surface area contributed by atoms with E-state index in [0.717, 1.165) is 24.6 Å². The van der Waals surface area contributed by atoms with Crippen LogP contribution < -0.4 is 5.73 Å². The molecule has 1 heterocycles. The number of hydrogen-bond acceptors (Lipinski definition) is 4. The predicted molar refractivity (Wildman–Crippen MR) is 71.9 cm³/mol. The van der Waals surface area contributed by atoms with Crippen molar-refractivity contribution in [3.8, 4) is 6.07 Å². The molecule has 4 heteroatoms. The van der Waals surface area contributed by atoms with Crippen LogP contribution in [-0.2, 0) is 0 Å². The summed E-state index contributed by atoms with van der Waals surface area (Å²) in [6.45, 7) is 8.42. The summed E-state index contributed by atoms with van der Waals surface area (Å²) in [5.41, 5.74) is 5.88. The maximum atomic E-state index is 8.75. The lowest BCUT2D eigenvalue weighted by atomic mass is 10.1. The van der Waals surface area contributed by atoms with E-state index < -0.39 is 0 Å². The number of nitriles is 1. The molecule has 100 valence electrons. The standard InChI is InChI=1S/C14H23N3O/c1-11(2)10-17(8-4-7-15)13(9-16)14-6-5-12(3)18-14/h5-6,11,13H,4,8-10,16H2,1-3H3. The van der Waals surface area contributed by atoms with Crippen molar-refractivity contribution >= 4 is 0 Å². The normalized spacial score (nSPS) is 12.9. The molecule has 0 bridgehead atoms. The van der Waals surface area contributed by atoms with E-state index in [0.29, 0.717) is 18.9 Å². The quantitative estimate of drug-likeness (QED) is 0.806. The lowest BCUT2D eigenvalue weighted by Crippen LogP contribution is -2.36. The van der Waals surface area contributed by atoms with Crippen LogP contribution in [0.5, 0.6) is 0 Å². The van der Waals surface area contributed by atoms with E-state index in [1.165, 1.54) is 0 Å². The summed E-state index contributed by atoms with van der Waals surface area (Å²) in [4.78, 5) is 2.24. The molecule has 0 amide bonds. The molecular formula is C14H23N3O. The Bertz CT molecular complexity index is 392. The van der Waals surface area contributed by atoms with Crippen molar-refractivity contribution in [2.45, 2.75) is 33.2 Å². The van der Waals surface area contributed by atoms with E-state index >= 15 is 0 Å². The van der Waals surface area contributed by atoms with Crippen LogP contribution in [0.2, 0.25) is 0 Å². The molecule has 0 radical (unpaired) electrons. The van der Waals surface area contributed by atoms with Crippen molar-refractivity contribution in [1.29, 1.82) is 5.26 Å². The monoisotopic (exact) mass is 249 g/mol. The minimum absolute atomic E-state index is 0.0643. The fourth-order valence-electron chi connectivity index (χ4n) is 2.11. The second-order valence-electron chi connectivity index (χ2n) is 5.00. The topological polar surface area (TPSA) is 66.2 Å². The van der Waals surface area contributed by atoms with Gasteiger partial charge in [0.15, 0.2) is 0 Å². The first-order valence-electron chi connectivity index (χ1n) is 6.45. The Balaban J connectivity index is 2.82. The van der Waals surface area contributed by atoms with Gasteiger partial charge in [0.1, 0.15) is 11.5 Å². The van der Waals surface area contributed by atoms with Gasteiger partial charge in [0.2, 0.25) is 0 Å². The smallest absolute Gasteiger partial charge is 0.122 e. The van der Waals surface area contributed by atoms with Gasteiger partial charge in [-0.25, -0.2) is 0 Å². The number of aryl methyl sites for hydroxylation is 1. The van der Waals surface area contributed by atoms with Crippen LogP contribution in [0.4, 0.5) is 0 Å². The third-order valence-electron chi connectivity index (χ3n) is 2.86. The molecule has 0 aliphatic rings. The Kier molecular flexibility index (Phi) is 5.90. The van der Waals surface area contributed by atoms with E-state index in [1.807, 2.05) is 19.1 Å². The molecule has 0 aliphatic carbocycles. The predicted octanol–water partition coefficient (Wildman–Crippen LogP) is 2.46. The molecule has 18 heavy (non-hydrogen) atoms. The number of nitrogens with two attached hydrogens (primary N) is 1. The van der Waals surface area contributed by atoms with Gasteiger partial charge in [-0.05, 0) is 25.0 Å². The summed E-state index contributed by atoms with van der Waals surface area (Å²) in [5.74, 6) is 2.33. The van der Waals surface area contributed by atoms with Gasteiger partial charge in [-0.15, -0.1) is 0 Å². The van der Waals surface area contributed by atoms with E-state index in [9.17, 15) is 0 Å². The lowest BCUT2D eigenvalue weighted by Gasteiger charge is -2.30. The van der Waals surface area contributed by atoms with Crippen molar-refractivity contribution in [1.82, 2.24) is 4.90 Å². The highest BCUT2D eigenvalue weighted by Crippen LogP contribution is 2.23. The van der Waals surface area contributed by atoms with Gasteiger partial charge >= 0.3 is 0 Å². The first kappa shape index (κ1) is 14.7. The van der Waals surface area contributed by atoms with E-state index in [1.54, 1.807) is 0 Å². The van der Waals surface area contributed by atoms with Crippen LogP contribution in [0.1, 0.15) is 37.8 Å². The molecule has 1 aromatic rings. The minimum Gasteiger partial charge on any atom is -0.465 e. The number of rotatable bonds is 7. The highest BCUT2D eigenvalue weighted by atomic mass is 16.3. The molecule has 0 spiro atoms. The lowest BCUT2D eigenvalue weighted by molar-refractivity contribution is 0.163. The van der Waals surface area contributed by atoms with E-state index in [4.69, 9.17) is 15.4 Å². The molecule has 0 fully saturated rings. The average molecular weight is 249 g/mol. The summed E-state index contributed by atoms with van der Waals surface area (Å²) in [7, 11) is 0. The molecule has 2 N–H and O–H groups in total. The molecule has 4 nitrogen and oxygen atoms in total. The van der Waals surface area contributed by atoms with E-state index in [2.05, 4.69) is 24.8 Å². The van der Waals surface area contributed by atoms with Gasteiger partial charge in [-0.3, -0.25) is 4.90 Å². The summed E-state index contributed by atoms with van der Waals surface area (Å²) in [5, 5.41) is 8.75. The van der Waals surface area contributed by atoms with Crippen LogP contribution in [0, 0.1) is 24.2 Å². The Morgan fingerprint density at radius 3 is 2.61 bits per heavy atom. The van der Waals surface area contributed by atoms with Crippen LogP contribution in [0.15, 0.2) is 16.5 Å². The molecule has 1 rings (SSSR count). The Morgan fingerprint density at radius 1 is 1.44 bits per heavy atom. The summed E-state index contributed by atoms with van der Waals surface area (Å²) >= 11 is 0. The van der Waals surface area contributed by atoms with Gasteiger partial charge in [-0.2, -0.15) is 5.26 Å². The first-order chi connectivity index (χ1) is 8.58. The summed E-state index contributed by atoms with van der Waals surface area (Å²) < 4.78 is 5.67. The second-order valence-corrected chi connectivity index (χ2v) is 5.00. The maximum Gasteiger partial charge on any atom is 0.122 e.